The summed E-state index contributed by atoms with van der Waals surface area (Å²) in [7, 11) is 1.47. The molecular weight excluding hydrogens is 324 g/mol. The maximum atomic E-state index is 12.6. The Balaban J connectivity index is 2.07. The van der Waals surface area contributed by atoms with Gasteiger partial charge in [-0.2, -0.15) is 0 Å². The largest absolute Gasteiger partial charge is 0.494 e. The predicted octanol–water partition coefficient (Wildman–Crippen LogP) is 0.128. The highest BCUT2D eigenvalue weighted by Gasteiger charge is 2.22. The zero-order valence-electron chi connectivity index (χ0n) is 14.1. The molecule has 25 heavy (non-hydrogen) atoms. The average Bonchev–Trinajstić information content (AvgIpc) is 2.86. The molecule has 2 aliphatic rings. The Morgan fingerprint density at radius 3 is 2.72 bits per heavy atom. The fourth-order valence-electron chi connectivity index (χ4n) is 2.97. The van der Waals surface area contributed by atoms with Crippen molar-refractivity contribution in [3.8, 4) is 0 Å². The summed E-state index contributed by atoms with van der Waals surface area (Å²) in [5.41, 5.74) is 7.27. The van der Waals surface area contributed by atoms with Gasteiger partial charge < -0.3 is 20.9 Å². The molecule has 2 heterocycles. The number of rotatable bonds is 5. The van der Waals surface area contributed by atoms with Gasteiger partial charge in [-0.25, -0.2) is 9.67 Å². The third-order valence-corrected chi connectivity index (χ3v) is 4.22. The minimum atomic E-state index is -0.223. The summed E-state index contributed by atoms with van der Waals surface area (Å²) >= 11 is 0. The van der Waals surface area contributed by atoms with Gasteiger partial charge in [0.25, 0.3) is 5.56 Å². The SMILES string of the molecule is COC1=C/C(=N\c2c(N)n3n(c2=O)CCCC3)C(NCCO)=CC1=N. The normalized spacial score (nSPS) is 18.6. The number of hydrogen-bond acceptors (Lipinski definition) is 7. The molecule has 1 aliphatic heterocycles. The van der Waals surface area contributed by atoms with E-state index >= 15 is 0 Å². The van der Waals surface area contributed by atoms with Crippen LogP contribution in [0.25, 0.3) is 0 Å². The molecule has 0 amide bonds. The summed E-state index contributed by atoms with van der Waals surface area (Å²) in [4.78, 5) is 17.1. The lowest BCUT2D eigenvalue weighted by atomic mass is 10.1. The van der Waals surface area contributed by atoms with Crippen molar-refractivity contribution in [3.05, 3.63) is 34.0 Å². The summed E-state index contributed by atoms with van der Waals surface area (Å²) in [5, 5.41) is 20.0. The van der Waals surface area contributed by atoms with Gasteiger partial charge in [-0.05, 0) is 18.9 Å². The van der Waals surface area contributed by atoms with Crippen LogP contribution in [0.15, 0.2) is 33.4 Å². The van der Waals surface area contributed by atoms with Crippen molar-refractivity contribution in [3.63, 3.8) is 0 Å². The number of fused-ring (bicyclic) bond motifs is 1. The zero-order chi connectivity index (χ0) is 18.0. The molecule has 1 aliphatic carbocycles. The highest BCUT2D eigenvalue weighted by Crippen LogP contribution is 2.24. The number of allylic oxidation sites excluding steroid dienone is 2. The number of nitrogen functional groups attached to an aromatic ring is 1. The average molecular weight is 346 g/mol. The fraction of sp³-hybridized carbons (Fsp3) is 0.438. The highest BCUT2D eigenvalue weighted by atomic mass is 16.5. The van der Waals surface area contributed by atoms with Crippen LogP contribution in [0.1, 0.15) is 12.8 Å². The van der Waals surface area contributed by atoms with Crippen molar-refractivity contribution in [1.29, 1.82) is 5.41 Å². The Hall–Kier alpha value is -2.81. The molecule has 3 rings (SSSR count). The molecule has 0 aromatic carbocycles. The van der Waals surface area contributed by atoms with Gasteiger partial charge in [0, 0.05) is 25.7 Å². The molecule has 0 saturated heterocycles. The molecule has 1 aromatic rings. The number of aliphatic imine (C=N–C) groups is 1. The standard InChI is InChI=1S/C16H22N6O3/c1-25-13-9-12(11(8-10(13)17)19-4-7-23)20-14-15(18)21-5-2-3-6-22(21)16(14)24/h8-9,17,19,23H,2-7,18H2,1H3/b17-10?,20-12+. The van der Waals surface area contributed by atoms with Crippen molar-refractivity contribution in [2.75, 3.05) is 26.0 Å². The first-order valence-electron chi connectivity index (χ1n) is 8.16. The van der Waals surface area contributed by atoms with E-state index in [0.717, 1.165) is 12.8 Å². The Labute approximate surface area is 144 Å². The Kier molecular flexibility index (Phi) is 4.75. The third kappa shape index (κ3) is 3.10. The van der Waals surface area contributed by atoms with Crippen LogP contribution in [0.2, 0.25) is 0 Å². The highest BCUT2D eigenvalue weighted by molar-refractivity contribution is 6.22. The van der Waals surface area contributed by atoms with E-state index < -0.39 is 0 Å². The Morgan fingerprint density at radius 1 is 1.36 bits per heavy atom. The van der Waals surface area contributed by atoms with Gasteiger partial charge in [0.15, 0.2) is 11.5 Å². The summed E-state index contributed by atoms with van der Waals surface area (Å²) < 4.78 is 8.57. The first-order chi connectivity index (χ1) is 12.1. The number of hydrogen-bond donors (Lipinski definition) is 4. The summed E-state index contributed by atoms with van der Waals surface area (Å²) in [6.07, 6.45) is 5.05. The van der Waals surface area contributed by atoms with Crippen molar-refractivity contribution in [2.45, 2.75) is 25.9 Å². The maximum absolute atomic E-state index is 12.6. The molecule has 9 heteroatoms. The number of aliphatic hydroxyl groups is 1. The summed E-state index contributed by atoms with van der Waals surface area (Å²) in [6.45, 7) is 1.56. The van der Waals surface area contributed by atoms with Gasteiger partial charge in [-0.1, -0.05) is 0 Å². The molecule has 5 N–H and O–H groups in total. The van der Waals surface area contributed by atoms with Gasteiger partial charge in [0.1, 0.15) is 5.76 Å². The second-order valence-corrected chi connectivity index (χ2v) is 5.82. The number of nitrogens with zero attached hydrogens (tertiary/aromatic N) is 3. The van der Waals surface area contributed by atoms with Crippen LogP contribution < -0.4 is 16.6 Å². The Morgan fingerprint density at radius 2 is 2.08 bits per heavy atom. The van der Waals surface area contributed by atoms with Crippen LogP contribution in [0, 0.1) is 5.41 Å². The van der Waals surface area contributed by atoms with Gasteiger partial charge in [0.05, 0.1) is 30.8 Å². The smallest absolute Gasteiger partial charge is 0.294 e. The minimum Gasteiger partial charge on any atom is -0.494 e. The minimum absolute atomic E-state index is 0.0654. The van der Waals surface area contributed by atoms with Crippen molar-refractivity contribution < 1.29 is 9.84 Å². The number of aromatic nitrogens is 2. The fourth-order valence-corrected chi connectivity index (χ4v) is 2.97. The lowest BCUT2D eigenvalue weighted by Crippen LogP contribution is -2.28. The van der Waals surface area contributed by atoms with Gasteiger partial charge in [0.2, 0.25) is 0 Å². The number of nitrogens with two attached hydrogens (primary N) is 1. The molecule has 134 valence electrons. The summed E-state index contributed by atoms with van der Waals surface area (Å²) in [5.74, 6) is 0.683. The number of aliphatic hydroxyl groups excluding tert-OH is 1. The second kappa shape index (κ2) is 6.98. The van der Waals surface area contributed by atoms with E-state index in [0.29, 0.717) is 42.6 Å². The van der Waals surface area contributed by atoms with E-state index in [1.807, 2.05) is 0 Å². The van der Waals surface area contributed by atoms with Crippen LogP contribution in [-0.4, -0.2) is 46.2 Å². The number of methoxy groups -OCH3 is 1. The topological polar surface area (TPSA) is 131 Å². The van der Waals surface area contributed by atoms with Crippen molar-refractivity contribution >= 4 is 22.9 Å². The van der Waals surface area contributed by atoms with Gasteiger partial charge in [-0.15, -0.1) is 0 Å². The van der Waals surface area contributed by atoms with Crippen LogP contribution >= 0.6 is 0 Å². The van der Waals surface area contributed by atoms with E-state index in [2.05, 4.69) is 10.3 Å². The molecule has 1 aromatic heterocycles. The second-order valence-electron chi connectivity index (χ2n) is 5.82. The van der Waals surface area contributed by atoms with Crippen LogP contribution in [0.5, 0.6) is 0 Å². The predicted molar refractivity (Wildman–Crippen MR) is 95.4 cm³/mol. The molecule has 9 nitrogen and oxygen atoms in total. The number of nitrogens with one attached hydrogen (secondary N) is 2. The first kappa shape index (κ1) is 17.0. The van der Waals surface area contributed by atoms with Crippen LogP contribution in [-0.2, 0) is 17.8 Å². The number of anilines is 1. The number of ether oxygens (including phenoxy) is 1. The van der Waals surface area contributed by atoms with Crippen molar-refractivity contribution in [2.24, 2.45) is 4.99 Å². The van der Waals surface area contributed by atoms with Gasteiger partial charge in [-0.3, -0.25) is 14.9 Å². The molecular formula is C16H22N6O3. The third-order valence-electron chi connectivity index (χ3n) is 4.22. The molecule has 0 fully saturated rings. The summed E-state index contributed by atoms with van der Waals surface area (Å²) in [6, 6.07) is 0. The van der Waals surface area contributed by atoms with E-state index in [9.17, 15) is 4.79 Å². The molecule has 0 radical (unpaired) electrons. The molecule has 0 spiro atoms. The van der Waals surface area contributed by atoms with Crippen molar-refractivity contribution in [1.82, 2.24) is 14.7 Å². The lowest BCUT2D eigenvalue weighted by molar-refractivity contribution is 0.297. The first-order valence-corrected chi connectivity index (χ1v) is 8.16. The molecule has 0 bridgehead atoms. The van der Waals surface area contributed by atoms with Crippen LogP contribution in [0.3, 0.4) is 0 Å². The van der Waals surface area contributed by atoms with Crippen LogP contribution in [0.4, 0.5) is 11.5 Å². The lowest BCUT2D eigenvalue weighted by Gasteiger charge is -2.17. The molecule has 0 unspecified atom stereocenters. The van der Waals surface area contributed by atoms with E-state index in [-0.39, 0.29) is 23.6 Å². The van der Waals surface area contributed by atoms with Gasteiger partial charge >= 0.3 is 0 Å². The van der Waals surface area contributed by atoms with E-state index in [1.165, 1.54) is 7.11 Å². The quantitative estimate of drug-likeness (QED) is 0.563. The monoisotopic (exact) mass is 346 g/mol. The Bertz CT molecular complexity index is 843. The maximum Gasteiger partial charge on any atom is 0.294 e. The van der Waals surface area contributed by atoms with E-state index in [4.69, 9.17) is 21.0 Å². The molecule has 0 saturated carbocycles. The zero-order valence-corrected chi connectivity index (χ0v) is 14.1. The van der Waals surface area contributed by atoms with E-state index in [1.54, 1.807) is 21.5 Å². The molecule has 0 atom stereocenters.